The molecular weight excluding hydrogens is 262 g/mol. The Balaban J connectivity index is 2.34. The summed E-state index contributed by atoms with van der Waals surface area (Å²) in [5.41, 5.74) is 1.22. The van der Waals surface area contributed by atoms with Crippen LogP contribution in [0.5, 0.6) is 5.75 Å². The van der Waals surface area contributed by atoms with E-state index in [4.69, 9.17) is 4.74 Å². The van der Waals surface area contributed by atoms with E-state index in [0.29, 0.717) is 12.5 Å². The lowest BCUT2D eigenvalue weighted by Gasteiger charge is -2.13. The number of ether oxygens (including phenoxy) is 1. The van der Waals surface area contributed by atoms with Crippen LogP contribution in [0.2, 0.25) is 0 Å². The third kappa shape index (κ3) is 6.65. The summed E-state index contributed by atoms with van der Waals surface area (Å²) in [6, 6.07) is 8.14. The van der Waals surface area contributed by atoms with Crippen molar-refractivity contribution in [1.82, 2.24) is 5.32 Å². The number of hydrogen-bond acceptors (Lipinski definition) is 2. The van der Waals surface area contributed by atoms with Gasteiger partial charge in [-0.1, -0.05) is 39.8 Å². The molecule has 0 bridgehead atoms. The lowest BCUT2D eigenvalue weighted by atomic mass is 10.0. The van der Waals surface area contributed by atoms with Gasteiger partial charge in [0, 0.05) is 12.5 Å². The van der Waals surface area contributed by atoms with Crippen molar-refractivity contribution in [3.63, 3.8) is 0 Å². The normalized spacial score (nSPS) is 11.0. The standard InChI is InChI=1S/C18H29NO2/c1-5-16(6-2)18(20)19-12-11-15-7-9-17(10-8-15)21-13-14(3)4/h7-10,14,16H,5-6,11-13H2,1-4H3,(H,19,20). The molecule has 1 aromatic rings. The number of carbonyl (C=O) groups excluding carboxylic acids is 1. The number of nitrogens with one attached hydrogen (secondary N) is 1. The van der Waals surface area contributed by atoms with Crippen molar-refractivity contribution in [3.8, 4) is 5.75 Å². The molecule has 1 N–H and O–H groups in total. The monoisotopic (exact) mass is 291 g/mol. The average Bonchev–Trinajstić information content (AvgIpc) is 2.47. The second kappa shape index (κ2) is 9.43. The van der Waals surface area contributed by atoms with Gasteiger partial charge in [-0.2, -0.15) is 0 Å². The molecule has 0 heterocycles. The average molecular weight is 291 g/mol. The molecule has 3 nitrogen and oxygen atoms in total. The van der Waals surface area contributed by atoms with Crippen LogP contribution in [0, 0.1) is 11.8 Å². The first-order valence-electron chi connectivity index (χ1n) is 8.06. The zero-order valence-corrected chi connectivity index (χ0v) is 13.8. The highest BCUT2D eigenvalue weighted by atomic mass is 16.5. The van der Waals surface area contributed by atoms with E-state index < -0.39 is 0 Å². The van der Waals surface area contributed by atoms with Crippen molar-refractivity contribution in [1.29, 1.82) is 0 Å². The highest BCUT2D eigenvalue weighted by Crippen LogP contribution is 2.13. The summed E-state index contributed by atoms with van der Waals surface area (Å²) in [5.74, 6) is 1.77. The van der Waals surface area contributed by atoms with Gasteiger partial charge in [0.1, 0.15) is 5.75 Å². The Kier molecular flexibility index (Phi) is 7.88. The molecule has 0 spiro atoms. The van der Waals surface area contributed by atoms with Crippen molar-refractivity contribution in [3.05, 3.63) is 29.8 Å². The first kappa shape index (κ1) is 17.5. The van der Waals surface area contributed by atoms with Crippen LogP contribution in [0.25, 0.3) is 0 Å². The summed E-state index contributed by atoms with van der Waals surface area (Å²) in [7, 11) is 0. The van der Waals surface area contributed by atoms with Crippen molar-refractivity contribution >= 4 is 5.91 Å². The van der Waals surface area contributed by atoms with Crippen molar-refractivity contribution in [2.45, 2.75) is 47.0 Å². The molecule has 0 unspecified atom stereocenters. The van der Waals surface area contributed by atoms with Gasteiger partial charge in [0.05, 0.1) is 6.61 Å². The predicted octanol–water partition coefficient (Wildman–Crippen LogP) is 3.82. The lowest BCUT2D eigenvalue weighted by molar-refractivity contribution is -0.125. The van der Waals surface area contributed by atoms with Gasteiger partial charge in [-0.25, -0.2) is 0 Å². The fourth-order valence-electron chi connectivity index (χ4n) is 2.15. The van der Waals surface area contributed by atoms with Gasteiger partial charge in [0.15, 0.2) is 0 Å². The Morgan fingerprint density at radius 2 is 1.76 bits per heavy atom. The molecule has 0 fully saturated rings. The van der Waals surface area contributed by atoms with Gasteiger partial charge in [0.25, 0.3) is 0 Å². The number of benzene rings is 1. The van der Waals surface area contributed by atoms with Crippen LogP contribution in [0.3, 0.4) is 0 Å². The van der Waals surface area contributed by atoms with Gasteiger partial charge in [-0.15, -0.1) is 0 Å². The molecule has 0 aliphatic carbocycles. The highest BCUT2D eigenvalue weighted by molar-refractivity contribution is 5.78. The third-order valence-corrected chi connectivity index (χ3v) is 3.58. The Morgan fingerprint density at radius 3 is 2.29 bits per heavy atom. The van der Waals surface area contributed by atoms with Crippen LogP contribution in [0.15, 0.2) is 24.3 Å². The minimum absolute atomic E-state index is 0.150. The second-order valence-corrected chi connectivity index (χ2v) is 5.90. The zero-order valence-electron chi connectivity index (χ0n) is 13.8. The summed E-state index contributed by atoms with van der Waals surface area (Å²) < 4.78 is 5.66. The second-order valence-electron chi connectivity index (χ2n) is 5.90. The van der Waals surface area contributed by atoms with Crippen LogP contribution in [-0.4, -0.2) is 19.1 Å². The molecule has 0 aliphatic rings. The minimum Gasteiger partial charge on any atom is -0.493 e. The largest absolute Gasteiger partial charge is 0.493 e. The maximum atomic E-state index is 11.9. The van der Waals surface area contributed by atoms with Crippen LogP contribution in [0.1, 0.15) is 46.1 Å². The van der Waals surface area contributed by atoms with Crippen molar-refractivity contribution in [2.75, 3.05) is 13.2 Å². The van der Waals surface area contributed by atoms with Gasteiger partial charge in [-0.3, -0.25) is 4.79 Å². The van der Waals surface area contributed by atoms with Crippen LogP contribution in [-0.2, 0) is 11.2 Å². The maximum absolute atomic E-state index is 11.9. The van der Waals surface area contributed by atoms with E-state index in [-0.39, 0.29) is 11.8 Å². The van der Waals surface area contributed by atoms with E-state index in [1.807, 2.05) is 12.1 Å². The molecule has 1 aromatic carbocycles. The molecule has 21 heavy (non-hydrogen) atoms. The van der Waals surface area contributed by atoms with Gasteiger partial charge in [0.2, 0.25) is 5.91 Å². The first-order valence-corrected chi connectivity index (χ1v) is 8.06. The summed E-state index contributed by atoms with van der Waals surface area (Å²) in [5, 5.41) is 3.02. The Morgan fingerprint density at radius 1 is 1.14 bits per heavy atom. The van der Waals surface area contributed by atoms with Gasteiger partial charge < -0.3 is 10.1 Å². The van der Waals surface area contributed by atoms with E-state index >= 15 is 0 Å². The van der Waals surface area contributed by atoms with Gasteiger partial charge >= 0.3 is 0 Å². The van der Waals surface area contributed by atoms with E-state index in [1.165, 1.54) is 5.56 Å². The van der Waals surface area contributed by atoms with E-state index in [1.54, 1.807) is 0 Å². The summed E-state index contributed by atoms with van der Waals surface area (Å²) in [6.07, 6.45) is 2.67. The zero-order chi connectivity index (χ0) is 15.7. The summed E-state index contributed by atoms with van der Waals surface area (Å²) >= 11 is 0. The van der Waals surface area contributed by atoms with Crippen LogP contribution >= 0.6 is 0 Å². The maximum Gasteiger partial charge on any atom is 0.223 e. The van der Waals surface area contributed by atoms with E-state index in [0.717, 1.165) is 31.6 Å². The van der Waals surface area contributed by atoms with Crippen LogP contribution < -0.4 is 10.1 Å². The molecule has 0 radical (unpaired) electrons. The van der Waals surface area contributed by atoms with Crippen molar-refractivity contribution < 1.29 is 9.53 Å². The molecule has 0 saturated heterocycles. The molecule has 1 rings (SSSR count). The lowest BCUT2D eigenvalue weighted by Crippen LogP contribution is -2.31. The molecule has 0 aromatic heterocycles. The Hall–Kier alpha value is -1.51. The summed E-state index contributed by atoms with van der Waals surface area (Å²) in [6.45, 7) is 9.83. The predicted molar refractivity (Wildman–Crippen MR) is 87.6 cm³/mol. The SMILES string of the molecule is CCC(CC)C(=O)NCCc1ccc(OCC(C)C)cc1. The highest BCUT2D eigenvalue weighted by Gasteiger charge is 2.12. The molecule has 0 saturated carbocycles. The molecule has 118 valence electrons. The molecular formula is C18H29NO2. The molecule has 3 heteroatoms. The number of hydrogen-bond donors (Lipinski definition) is 1. The summed E-state index contributed by atoms with van der Waals surface area (Å²) in [4.78, 5) is 11.9. The topological polar surface area (TPSA) is 38.3 Å². The van der Waals surface area contributed by atoms with Gasteiger partial charge in [-0.05, 0) is 42.9 Å². The first-order chi connectivity index (χ1) is 10.1. The smallest absolute Gasteiger partial charge is 0.223 e. The minimum atomic E-state index is 0.150. The molecule has 1 amide bonds. The number of rotatable bonds is 9. The fraction of sp³-hybridized carbons (Fsp3) is 0.611. The van der Waals surface area contributed by atoms with Crippen LogP contribution in [0.4, 0.5) is 0 Å². The molecule has 0 aliphatic heterocycles. The third-order valence-electron chi connectivity index (χ3n) is 3.58. The Bertz CT molecular complexity index is 408. The van der Waals surface area contributed by atoms with E-state index in [2.05, 4.69) is 45.1 Å². The molecule has 0 atom stereocenters. The van der Waals surface area contributed by atoms with E-state index in [9.17, 15) is 4.79 Å². The fourth-order valence-corrected chi connectivity index (χ4v) is 2.15. The Labute approximate surface area is 129 Å². The number of carbonyl (C=O) groups is 1. The quantitative estimate of drug-likeness (QED) is 0.751. The number of amides is 1. The van der Waals surface area contributed by atoms with Crippen molar-refractivity contribution in [2.24, 2.45) is 11.8 Å².